The van der Waals surface area contributed by atoms with Crippen molar-refractivity contribution in [1.82, 2.24) is 19.9 Å². The predicted octanol–water partition coefficient (Wildman–Crippen LogP) is 4.18. The van der Waals surface area contributed by atoms with Crippen LogP contribution in [0, 0.1) is 6.92 Å². The molecule has 128 valence electrons. The van der Waals surface area contributed by atoms with Crippen LogP contribution in [-0.4, -0.2) is 27.0 Å². The van der Waals surface area contributed by atoms with Crippen LogP contribution < -0.4 is 10.6 Å². The van der Waals surface area contributed by atoms with Crippen LogP contribution in [0.2, 0.25) is 0 Å². The van der Waals surface area contributed by atoms with Crippen molar-refractivity contribution in [3.8, 4) is 11.3 Å². The SMILES string of the molecule is CNc1cc(-c2cccnc2Nc2c(C)ccc3cnccc23)ncn1. The quantitative estimate of drug-likeness (QED) is 0.579. The third-order valence-electron chi connectivity index (χ3n) is 4.28. The molecule has 0 aliphatic carbocycles. The van der Waals surface area contributed by atoms with Crippen LogP contribution >= 0.6 is 0 Å². The lowest BCUT2D eigenvalue weighted by Gasteiger charge is -2.15. The minimum absolute atomic E-state index is 0.751. The summed E-state index contributed by atoms with van der Waals surface area (Å²) >= 11 is 0. The average Bonchev–Trinajstić information content (AvgIpc) is 2.70. The first-order valence-corrected chi connectivity index (χ1v) is 8.32. The minimum Gasteiger partial charge on any atom is -0.373 e. The Hall–Kier alpha value is -3.54. The molecule has 3 aromatic heterocycles. The summed E-state index contributed by atoms with van der Waals surface area (Å²) < 4.78 is 0. The first-order chi connectivity index (χ1) is 12.8. The standard InChI is InChI=1S/C20H18N6/c1-13-5-6-14-11-22-9-7-15(14)19(13)26-20-16(4-3-8-23-20)17-10-18(21-2)25-12-24-17/h3-12H,1-2H3,(H,23,26)(H,21,24,25). The second kappa shape index (κ2) is 6.76. The van der Waals surface area contributed by atoms with Gasteiger partial charge < -0.3 is 10.6 Å². The summed E-state index contributed by atoms with van der Waals surface area (Å²) in [7, 11) is 1.84. The smallest absolute Gasteiger partial charge is 0.139 e. The zero-order chi connectivity index (χ0) is 17.9. The van der Waals surface area contributed by atoms with E-state index in [4.69, 9.17) is 0 Å². The van der Waals surface area contributed by atoms with Crippen molar-refractivity contribution < 1.29 is 0 Å². The third kappa shape index (κ3) is 2.93. The minimum atomic E-state index is 0.751. The number of anilines is 3. The second-order valence-electron chi connectivity index (χ2n) is 5.92. The number of fused-ring (bicyclic) bond motifs is 1. The molecule has 0 amide bonds. The van der Waals surface area contributed by atoms with E-state index in [0.29, 0.717) is 0 Å². The van der Waals surface area contributed by atoms with E-state index in [0.717, 1.165) is 44.9 Å². The number of aryl methyl sites for hydroxylation is 1. The number of nitrogens with zero attached hydrogens (tertiary/aromatic N) is 4. The van der Waals surface area contributed by atoms with E-state index in [9.17, 15) is 0 Å². The molecular formula is C20H18N6. The Kier molecular flexibility index (Phi) is 4.15. The lowest BCUT2D eigenvalue weighted by Crippen LogP contribution is -2.01. The Morgan fingerprint density at radius 2 is 1.88 bits per heavy atom. The topological polar surface area (TPSA) is 75.6 Å². The van der Waals surface area contributed by atoms with Crippen LogP contribution in [0.1, 0.15) is 5.56 Å². The number of nitrogens with one attached hydrogen (secondary N) is 2. The first-order valence-electron chi connectivity index (χ1n) is 8.32. The predicted molar refractivity (Wildman–Crippen MR) is 105 cm³/mol. The highest BCUT2D eigenvalue weighted by Crippen LogP contribution is 2.32. The molecule has 26 heavy (non-hydrogen) atoms. The maximum absolute atomic E-state index is 4.55. The van der Waals surface area contributed by atoms with Gasteiger partial charge in [-0.05, 0) is 30.7 Å². The van der Waals surface area contributed by atoms with Gasteiger partial charge in [-0.3, -0.25) is 4.98 Å². The lowest BCUT2D eigenvalue weighted by atomic mass is 10.1. The van der Waals surface area contributed by atoms with Crippen LogP contribution in [0.25, 0.3) is 22.0 Å². The van der Waals surface area contributed by atoms with E-state index < -0.39 is 0 Å². The maximum atomic E-state index is 4.55. The summed E-state index contributed by atoms with van der Waals surface area (Å²) in [5, 5.41) is 8.73. The van der Waals surface area contributed by atoms with Gasteiger partial charge in [0.25, 0.3) is 0 Å². The zero-order valence-electron chi connectivity index (χ0n) is 14.6. The Morgan fingerprint density at radius 3 is 2.77 bits per heavy atom. The van der Waals surface area contributed by atoms with Crippen LogP contribution in [0.4, 0.5) is 17.3 Å². The van der Waals surface area contributed by atoms with Gasteiger partial charge in [0.15, 0.2) is 0 Å². The van der Waals surface area contributed by atoms with Crippen LogP contribution in [0.15, 0.2) is 61.3 Å². The molecule has 4 aromatic rings. The summed E-state index contributed by atoms with van der Waals surface area (Å²) in [6.45, 7) is 2.08. The average molecular weight is 342 g/mol. The van der Waals surface area contributed by atoms with Gasteiger partial charge in [-0.2, -0.15) is 0 Å². The fourth-order valence-corrected chi connectivity index (χ4v) is 2.91. The van der Waals surface area contributed by atoms with Crippen LogP contribution in [0.5, 0.6) is 0 Å². The van der Waals surface area contributed by atoms with Crippen molar-refractivity contribution in [2.75, 3.05) is 17.7 Å². The van der Waals surface area contributed by atoms with Crippen molar-refractivity contribution in [1.29, 1.82) is 0 Å². The van der Waals surface area contributed by atoms with Gasteiger partial charge in [0.2, 0.25) is 0 Å². The number of rotatable bonds is 4. The van der Waals surface area contributed by atoms with Gasteiger partial charge in [-0.15, -0.1) is 0 Å². The molecule has 4 rings (SSSR count). The summed E-state index contributed by atoms with van der Waals surface area (Å²) in [5.41, 5.74) is 3.88. The van der Waals surface area contributed by atoms with Crippen molar-refractivity contribution in [2.45, 2.75) is 6.92 Å². The highest BCUT2D eigenvalue weighted by atomic mass is 15.0. The molecule has 1 aromatic carbocycles. The van der Waals surface area contributed by atoms with Gasteiger partial charge in [0, 0.05) is 48.0 Å². The first kappa shape index (κ1) is 16.0. The second-order valence-corrected chi connectivity index (χ2v) is 5.92. The third-order valence-corrected chi connectivity index (χ3v) is 4.28. The van der Waals surface area contributed by atoms with Crippen molar-refractivity contribution in [2.24, 2.45) is 0 Å². The fourth-order valence-electron chi connectivity index (χ4n) is 2.91. The lowest BCUT2D eigenvalue weighted by molar-refractivity contribution is 1.16. The number of aromatic nitrogens is 4. The van der Waals surface area contributed by atoms with E-state index >= 15 is 0 Å². The van der Waals surface area contributed by atoms with Crippen LogP contribution in [-0.2, 0) is 0 Å². The number of hydrogen-bond donors (Lipinski definition) is 2. The van der Waals surface area contributed by atoms with Gasteiger partial charge in [-0.25, -0.2) is 15.0 Å². The van der Waals surface area contributed by atoms with E-state index in [1.165, 1.54) is 0 Å². The summed E-state index contributed by atoms with van der Waals surface area (Å²) in [6, 6.07) is 12.0. The van der Waals surface area contributed by atoms with Crippen LogP contribution in [0.3, 0.4) is 0 Å². The van der Waals surface area contributed by atoms with E-state index in [-0.39, 0.29) is 0 Å². The molecule has 0 aliphatic heterocycles. The number of pyridine rings is 2. The van der Waals surface area contributed by atoms with Gasteiger partial charge in [0.1, 0.15) is 18.0 Å². The molecule has 0 bridgehead atoms. The summed E-state index contributed by atoms with van der Waals surface area (Å²) in [6.07, 6.45) is 6.99. The molecule has 0 radical (unpaired) electrons. The van der Waals surface area contributed by atoms with Gasteiger partial charge >= 0.3 is 0 Å². The molecule has 0 spiro atoms. The molecule has 0 saturated heterocycles. The number of hydrogen-bond acceptors (Lipinski definition) is 6. The highest BCUT2D eigenvalue weighted by molar-refractivity contribution is 5.97. The van der Waals surface area contributed by atoms with Gasteiger partial charge in [-0.1, -0.05) is 12.1 Å². The molecule has 0 unspecified atom stereocenters. The molecule has 6 nitrogen and oxygen atoms in total. The fraction of sp³-hybridized carbons (Fsp3) is 0.100. The van der Waals surface area contributed by atoms with E-state index in [1.807, 2.05) is 37.5 Å². The van der Waals surface area contributed by atoms with Crippen molar-refractivity contribution >= 4 is 28.1 Å². The normalized spacial score (nSPS) is 10.7. The summed E-state index contributed by atoms with van der Waals surface area (Å²) in [5.74, 6) is 1.51. The van der Waals surface area contributed by atoms with E-state index in [2.05, 4.69) is 49.6 Å². The molecule has 0 aliphatic rings. The Bertz CT molecular complexity index is 1080. The van der Waals surface area contributed by atoms with Gasteiger partial charge in [0.05, 0.1) is 11.4 Å². The maximum Gasteiger partial charge on any atom is 0.139 e. The molecule has 2 N–H and O–H groups in total. The molecule has 3 heterocycles. The molecule has 6 heteroatoms. The van der Waals surface area contributed by atoms with Crippen molar-refractivity contribution in [3.63, 3.8) is 0 Å². The monoisotopic (exact) mass is 342 g/mol. The molecule has 0 saturated carbocycles. The zero-order valence-corrected chi connectivity index (χ0v) is 14.6. The molecular weight excluding hydrogens is 324 g/mol. The largest absolute Gasteiger partial charge is 0.373 e. The molecule has 0 fully saturated rings. The number of benzene rings is 1. The highest BCUT2D eigenvalue weighted by Gasteiger charge is 2.12. The Morgan fingerprint density at radius 1 is 0.962 bits per heavy atom. The Labute approximate surface area is 151 Å². The van der Waals surface area contributed by atoms with E-state index in [1.54, 1.807) is 18.7 Å². The Balaban J connectivity index is 1.83. The van der Waals surface area contributed by atoms with Crippen molar-refractivity contribution in [3.05, 3.63) is 66.9 Å². The molecule has 0 atom stereocenters. The summed E-state index contributed by atoms with van der Waals surface area (Å²) in [4.78, 5) is 17.3.